The van der Waals surface area contributed by atoms with Crippen molar-refractivity contribution in [2.24, 2.45) is 5.92 Å². The molecule has 5 N–H and O–H groups in total. The molecular weight excluding hydrogens is 508 g/mol. The molecule has 11 heteroatoms. The van der Waals surface area contributed by atoms with E-state index in [-0.39, 0.29) is 30.2 Å². The number of aromatic nitrogens is 4. The number of anilines is 3. The second kappa shape index (κ2) is 13.1. The van der Waals surface area contributed by atoms with E-state index in [1.807, 2.05) is 45.0 Å². The fourth-order valence-corrected chi connectivity index (χ4v) is 4.05. The van der Waals surface area contributed by atoms with Gasteiger partial charge in [0, 0.05) is 22.6 Å². The normalized spacial score (nSPS) is 11.5. The molecule has 0 aliphatic heterocycles. The maximum absolute atomic E-state index is 13.0. The van der Waals surface area contributed by atoms with Gasteiger partial charge in [0.25, 0.3) is 0 Å². The molecule has 4 rings (SSSR count). The second-order valence-corrected chi connectivity index (χ2v) is 9.82. The van der Waals surface area contributed by atoms with E-state index in [1.54, 1.807) is 48.5 Å². The van der Waals surface area contributed by atoms with Gasteiger partial charge in [0.05, 0.1) is 6.42 Å². The number of nitrogens with one attached hydrogen (secondary N) is 5. The molecular formula is C29H32N8O3. The predicted octanol–water partition coefficient (Wildman–Crippen LogP) is 4.53. The average molecular weight is 541 g/mol. The van der Waals surface area contributed by atoms with Gasteiger partial charge in [-0.25, -0.2) is 4.79 Å². The first-order valence-electron chi connectivity index (χ1n) is 12.9. The SMILES string of the molecule is Cc1ccccc1NC(=O)Nc1ccc(CC(=O)N[C@@H](CC(C)C)C(=O)Nc2ccc(-c3nn[nH]n3)cc2)cc1. The first-order chi connectivity index (χ1) is 19.3. The number of benzene rings is 3. The first-order valence-corrected chi connectivity index (χ1v) is 12.9. The van der Waals surface area contributed by atoms with Crippen molar-refractivity contribution in [3.8, 4) is 11.4 Å². The summed E-state index contributed by atoms with van der Waals surface area (Å²) in [6, 6.07) is 20.5. The van der Waals surface area contributed by atoms with Crippen LogP contribution >= 0.6 is 0 Å². The van der Waals surface area contributed by atoms with Gasteiger partial charge in [0.15, 0.2) is 0 Å². The van der Waals surface area contributed by atoms with Crippen LogP contribution in [0.1, 0.15) is 31.4 Å². The third kappa shape index (κ3) is 7.97. The van der Waals surface area contributed by atoms with Crippen LogP contribution < -0.4 is 21.3 Å². The van der Waals surface area contributed by atoms with Crippen molar-refractivity contribution >= 4 is 34.9 Å². The number of aromatic amines is 1. The summed E-state index contributed by atoms with van der Waals surface area (Å²) in [7, 11) is 0. The standard InChI is InChI=1S/C29H32N8O3/c1-18(2)16-25(28(39)30-22-14-10-21(11-15-22)27-34-36-37-35-27)32-26(38)17-20-8-12-23(13-9-20)31-29(40)33-24-7-5-4-6-19(24)3/h4-15,18,25H,16-17H2,1-3H3,(H,30,39)(H,32,38)(H2,31,33,40)(H,34,35,36,37)/t25-/m0/s1. The molecule has 4 aromatic rings. The van der Waals surface area contributed by atoms with Crippen LogP contribution in [-0.4, -0.2) is 44.5 Å². The molecule has 0 saturated carbocycles. The number of H-pyrrole nitrogens is 1. The van der Waals surface area contributed by atoms with Crippen LogP contribution in [0.25, 0.3) is 11.4 Å². The van der Waals surface area contributed by atoms with Crippen LogP contribution in [0.2, 0.25) is 0 Å². The minimum absolute atomic E-state index is 0.0942. The lowest BCUT2D eigenvalue weighted by molar-refractivity contribution is -0.126. The minimum Gasteiger partial charge on any atom is -0.344 e. The molecule has 206 valence electrons. The highest BCUT2D eigenvalue weighted by atomic mass is 16.2. The summed E-state index contributed by atoms with van der Waals surface area (Å²) in [5.41, 5.74) is 4.39. The molecule has 1 aromatic heterocycles. The van der Waals surface area contributed by atoms with E-state index in [0.29, 0.717) is 23.6 Å². The first kappa shape index (κ1) is 28.0. The van der Waals surface area contributed by atoms with Crippen molar-refractivity contribution < 1.29 is 14.4 Å². The Bertz CT molecular complexity index is 1440. The lowest BCUT2D eigenvalue weighted by Gasteiger charge is -2.20. The van der Waals surface area contributed by atoms with Gasteiger partial charge in [0.1, 0.15) is 6.04 Å². The third-order valence-electron chi connectivity index (χ3n) is 6.08. The van der Waals surface area contributed by atoms with Crippen molar-refractivity contribution in [1.82, 2.24) is 25.9 Å². The van der Waals surface area contributed by atoms with E-state index in [9.17, 15) is 14.4 Å². The summed E-state index contributed by atoms with van der Waals surface area (Å²) in [5.74, 6) is 0.0739. The fourth-order valence-electron chi connectivity index (χ4n) is 4.05. The number of rotatable bonds is 10. The molecule has 0 radical (unpaired) electrons. The van der Waals surface area contributed by atoms with Gasteiger partial charge >= 0.3 is 6.03 Å². The monoisotopic (exact) mass is 540 g/mol. The number of urea groups is 1. The van der Waals surface area contributed by atoms with E-state index in [2.05, 4.69) is 41.9 Å². The Balaban J connectivity index is 1.31. The molecule has 0 aliphatic carbocycles. The lowest BCUT2D eigenvalue weighted by atomic mass is 10.0. The highest BCUT2D eigenvalue weighted by Crippen LogP contribution is 2.18. The van der Waals surface area contributed by atoms with Crippen LogP contribution in [0.3, 0.4) is 0 Å². The van der Waals surface area contributed by atoms with Crippen LogP contribution in [0.5, 0.6) is 0 Å². The van der Waals surface area contributed by atoms with Gasteiger partial charge in [-0.1, -0.05) is 44.2 Å². The van der Waals surface area contributed by atoms with Crippen molar-refractivity contribution in [2.75, 3.05) is 16.0 Å². The zero-order chi connectivity index (χ0) is 28.5. The summed E-state index contributed by atoms with van der Waals surface area (Å²) < 4.78 is 0. The number of amides is 4. The summed E-state index contributed by atoms with van der Waals surface area (Å²) in [4.78, 5) is 38.2. The molecule has 11 nitrogen and oxygen atoms in total. The molecule has 1 atom stereocenters. The van der Waals surface area contributed by atoms with Gasteiger partial charge in [-0.15, -0.1) is 10.2 Å². The van der Waals surface area contributed by atoms with Crippen molar-refractivity contribution in [1.29, 1.82) is 0 Å². The zero-order valence-corrected chi connectivity index (χ0v) is 22.6. The molecule has 0 fully saturated rings. The average Bonchev–Trinajstić information content (AvgIpc) is 3.46. The number of nitrogens with zero attached hydrogens (tertiary/aromatic N) is 3. The Morgan fingerprint density at radius 2 is 1.52 bits per heavy atom. The topological polar surface area (TPSA) is 154 Å². The molecule has 4 amide bonds. The van der Waals surface area contributed by atoms with Gasteiger partial charge in [0.2, 0.25) is 17.6 Å². The summed E-state index contributed by atoms with van der Waals surface area (Å²) in [5, 5.41) is 25.2. The summed E-state index contributed by atoms with van der Waals surface area (Å²) in [6.07, 6.45) is 0.578. The Kier molecular flexibility index (Phi) is 9.19. The highest BCUT2D eigenvalue weighted by molar-refractivity contribution is 6.00. The van der Waals surface area contributed by atoms with Gasteiger partial charge in [-0.3, -0.25) is 9.59 Å². The summed E-state index contributed by atoms with van der Waals surface area (Å²) in [6.45, 7) is 5.90. The van der Waals surface area contributed by atoms with Crippen LogP contribution in [0.15, 0.2) is 72.8 Å². The van der Waals surface area contributed by atoms with Crippen molar-refractivity contribution in [2.45, 2.75) is 39.7 Å². The second-order valence-electron chi connectivity index (χ2n) is 9.82. The molecule has 1 heterocycles. The number of aryl methyl sites for hydroxylation is 1. The van der Waals surface area contributed by atoms with E-state index in [0.717, 1.165) is 22.4 Å². The number of hydrogen-bond acceptors (Lipinski definition) is 6. The molecule has 40 heavy (non-hydrogen) atoms. The molecule has 0 saturated heterocycles. The van der Waals surface area contributed by atoms with Crippen LogP contribution in [-0.2, 0) is 16.0 Å². The number of tetrazole rings is 1. The minimum atomic E-state index is -0.699. The number of hydrogen-bond donors (Lipinski definition) is 5. The fraction of sp³-hybridized carbons (Fsp3) is 0.241. The Morgan fingerprint density at radius 1 is 0.850 bits per heavy atom. The van der Waals surface area contributed by atoms with Crippen LogP contribution in [0, 0.1) is 12.8 Å². The molecule has 0 bridgehead atoms. The maximum Gasteiger partial charge on any atom is 0.323 e. The van der Waals surface area contributed by atoms with E-state index >= 15 is 0 Å². The van der Waals surface area contributed by atoms with Gasteiger partial charge in [-0.05, 0) is 78.1 Å². The Hall–Kier alpha value is -5.06. The molecule has 0 spiro atoms. The van der Waals surface area contributed by atoms with Crippen LogP contribution in [0.4, 0.5) is 21.9 Å². The highest BCUT2D eigenvalue weighted by Gasteiger charge is 2.22. The third-order valence-corrected chi connectivity index (χ3v) is 6.08. The maximum atomic E-state index is 13.0. The van der Waals surface area contributed by atoms with E-state index < -0.39 is 6.04 Å². The lowest BCUT2D eigenvalue weighted by Crippen LogP contribution is -2.45. The Labute approximate surface area is 232 Å². The number of carbonyl (C=O) groups is 3. The number of para-hydroxylation sites is 1. The molecule has 3 aromatic carbocycles. The number of carbonyl (C=O) groups excluding carboxylic acids is 3. The largest absolute Gasteiger partial charge is 0.344 e. The van der Waals surface area contributed by atoms with E-state index in [4.69, 9.17) is 0 Å². The summed E-state index contributed by atoms with van der Waals surface area (Å²) >= 11 is 0. The zero-order valence-electron chi connectivity index (χ0n) is 22.6. The smallest absolute Gasteiger partial charge is 0.323 e. The molecule has 0 unspecified atom stereocenters. The van der Waals surface area contributed by atoms with Crippen molar-refractivity contribution in [3.05, 3.63) is 83.9 Å². The predicted molar refractivity (Wildman–Crippen MR) is 154 cm³/mol. The van der Waals surface area contributed by atoms with Gasteiger partial charge < -0.3 is 21.3 Å². The van der Waals surface area contributed by atoms with E-state index in [1.165, 1.54) is 0 Å². The van der Waals surface area contributed by atoms with Crippen molar-refractivity contribution in [3.63, 3.8) is 0 Å². The Morgan fingerprint density at radius 3 is 2.17 bits per heavy atom. The molecule has 0 aliphatic rings. The quantitative estimate of drug-likeness (QED) is 0.199. The van der Waals surface area contributed by atoms with Gasteiger partial charge in [-0.2, -0.15) is 5.21 Å².